The first-order valence-corrected chi connectivity index (χ1v) is 9.72. The number of piperazine rings is 1. The first kappa shape index (κ1) is 21.3. The Hall–Kier alpha value is -3.46. The fourth-order valence-electron chi connectivity index (χ4n) is 3.36. The minimum Gasteiger partial charge on any atom is -0.369 e. The number of aryl methyl sites for hydroxylation is 1. The van der Waals surface area contributed by atoms with E-state index in [0.29, 0.717) is 31.9 Å². The van der Waals surface area contributed by atoms with Gasteiger partial charge in [-0.25, -0.2) is 4.79 Å². The molecule has 1 aliphatic heterocycles. The van der Waals surface area contributed by atoms with Crippen LogP contribution >= 0.6 is 0 Å². The minimum atomic E-state index is -0.543. The van der Waals surface area contributed by atoms with Crippen molar-refractivity contribution in [2.24, 2.45) is 0 Å². The monoisotopic (exact) mass is 411 g/mol. The third-order valence-corrected chi connectivity index (χ3v) is 5.27. The summed E-state index contributed by atoms with van der Waals surface area (Å²) in [7, 11) is 0. The van der Waals surface area contributed by atoms with Gasteiger partial charge in [0.25, 0.3) is 5.69 Å². The van der Waals surface area contributed by atoms with Crippen LogP contribution < -0.4 is 15.5 Å². The molecule has 2 aromatic carbocycles. The van der Waals surface area contributed by atoms with Gasteiger partial charge in [0.1, 0.15) is 0 Å². The van der Waals surface area contributed by atoms with Crippen LogP contribution in [0.1, 0.15) is 11.1 Å². The maximum absolute atomic E-state index is 12.2. The zero-order chi connectivity index (χ0) is 21.7. The number of imide groups is 1. The Kier molecular flexibility index (Phi) is 6.63. The molecular formula is C21H25N5O4. The molecule has 1 fully saturated rings. The summed E-state index contributed by atoms with van der Waals surface area (Å²) in [5.41, 5.74) is 3.68. The van der Waals surface area contributed by atoms with Crippen molar-refractivity contribution in [3.8, 4) is 0 Å². The number of rotatable bonds is 5. The number of carbonyl (C=O) groups excluding carboxylic acids is 2. The molecule has 9 nitrogen and oxygen atoms in total. The van der Waals surface area contributed by atoms with E-state index in [9.17, 15) is 19.7 Å². The van der Waals surface area contributed by atoms with Crippen LogP contribution in [-0.2, 0) is 4.79 Å². The van der Waals surface area contributed by atoms with Crippen molar-refractivity contribution >= 4 is 29.0 Å². The molecule has 0 radical (unpaired) electrons. The highest BCUT2D eigenvalue weighted by Crippen LogP contribution is 2.20. The fraction of sp³-hybridized carbons (Fsp3) is 0.333. The van der Waals surface area contributed by atoms with E-state index in [1.54, 1.807) is 18.2 Å². The van der Waals surface area contributed by atoms with E-state index in [4.69, 9.17) is 0 Å². The van der Waals surface area contributed by atoms with Crippen LogP contribution in [0, 0.1) is 24.0 Å². The fourth-order valence-corrected chi connectivity index (χ4v) is 3.36. The zero-order valence-electron chi connectivity index (χ0n) is 17.1. The molecule has 9 heteroatoms. The Morgan fingerprint density at radius 1 is 1.03 bits per heavy atom. The summed E-state index contributed by atoms with van der Waals surface area (Å²) in [6.07, 6.45) is 0. The SMILES string of the molecule is Cc1cccc(NC(=O)NC(=O)CN2CCN(c3ccc([N+](=O)[O-])cc3)CC2)c1C. The minimum absolute atomic E-state index is 0.0631. The molecule has 3 amide bonds. The molecule has 2 N–H and O–H groups in total. The van der Waals surface area contributed by atoms with Crippen LogP contribution in [0.25, 0.3) is 0 Å². The molecule has 0 unspecified atom stereocenters. The Morgan fingerprint density at radius 2 is 1.70 bits per heavy atom. The number of nitrogens with one attached hydrogen (secondary N) is 2. The summed E-state index contributed by atoms with van der Waals surface area (Å²) in [6, 6.07) is 11.5. The van der Waals surface area contributed by atoms with Crippen molar-refractivity contribution in [3.05, 3.63) is 63.7 Å². The number of carbonyl (C=O) groups is 2. The summed E-state index contributed by atoms with van der Waals surface area (Å²) in [5.74, 6) is -0.360. The lowest BCUT2D eigenvalue weighted by Crippen LogP contribution is -2.50. The second kappa shape index (κ2) is 9.36. The number of non-ortho nitro benzene ring substituents is 1. The maximum atomic E-state index is 12.2. The van der Waals surface area contributed by atoms with Crippen molar-refractivity contribution in [1.29, 1.82) is 0 Å². The van der Waals surface area contributed by atoms with Crippen molar-refractivity contribution < 1.29 is 14.5 Å². The van der Waals surface area contributed by atoms with Crippen LogP contribution in [-0.4, -0.2) is 54.5 Å². The molecular weight excluding hydrogens is 386 g/mol. The lowest BCUT2D eigenvalue weighted by atomic mass is 10.1. The number of urea groups is 1. The van der Waals surface area contributed by atoms with Crippen molar-refractivity contribution in [3.63, 3.8) is 0 Å². The number of nitro benzene ring substituents is 1. The number of benzene rings is 2. The van der Waals surface area contributed by atoms with Gasteiger partial charge in [0.05, 0.1) is 11.5 Å². The van der Waals surface area contributed by atoms with Crippen LogP contribution in [0.4, 0.5) is 21.9 Å². The normalized spacial score (nSPS) is 14.3. The van der Waals surface area contributed by atoms with E-state index >= 15 is 0 Å². The quantitative estimate of drug-likeness (QED) is 0.579. The Bertz CT molecular complexity index is 937. The van der Waals surface area contributed by atoms with Crippen LogP contribution in [0.3, 0.4) is 0 Å². The number of nitrogens with zero attached hydrogens (tertiary/aromatic N) is 3. The Balaban J connectivity index is 1.45. The van der Waals surface area contributed by atoms with E-state index in [1.807, 2.05) is 30.9 Å². The second-order valence-electron chi connectivity index (χ2n) is 7.29. The molecule has 1 saturated heterocycles. The second-order valence-corrected chi connectivity index (χ2v) is 7.29. The molecule has 0 spiro atoms. The lowest BCUT2D eigenvalue weighted by molar-refractivity contribution is -0.384. The van der Waals surface area contributed by atoms with E-state index in [0.717, 1.165) is 16.8 Å². The summed E-state index contributed by atoms with van der Waals surface area (Å²) < 4.78 is 0. The first-order chi connectivity index (χ1) is 14.3. The predicted molar refractivity (Wildman–Crippen MR) is 115 cm³/mol. The molecule has 1 heterocycles. The molecule has 2 aromatic rings. The number of hydrogen-bond donors (Lipinski definition) is 2. The van der Waals surface area contributed by atoms with Crippen molar-refractivity contribution in [2.45, 2.75) is 13.8 Å². The molecule has 158 valence electrons. The summed E-state index contributed by atoms with van der Waals surface area (Å²) in [5, 5.41) is 15.9. The zero-order valence-corrected chi connectivity index (χ0v) is 17.1. The first-order valence-electron chi connectivity index (χ1n) is 9.72. The molecule has 0 saturated carbocycles. The Labute approximate surface area is 174 Å². The standard InChI is InChI=1S/C21H25N5O4/c1-15-4-3-5-19(16(15)2)22-21(28)23-20(27)14-24-10-12-25(13-11-24)17-6-8-18(9-7-17)26(29)30/h3-9H,10-14H2,1-2H3,(H2,22,23,27,28). The van der Waals surface area contributed by atoms with Gasteiger partial charge in [-0.3, -0.25) is 25.1 Å². The molecule has 0 aromatic heterocycles. The molecule has 0 aliphatic carbocycles. The van der Waals surface area contributed by atoms with Gasteiger partial charge in [-0.15, -0.1) is 0 Å². The van der Waals surface area contributed by atoms with Crippen LogP contribution in [0.15, 0.2) is 42.5 Å². The van der Waals surface area contributed by atoms with Gasteiger partial charge in [-0.05, 0) is 43.2 Å². The van der Waals surface area contributed by atoms with Crippen molar-refractivity contribution in [2.75, 3.05) is 42.9 Å². The molecule has 1 aliphatic rings. The third kappa shape index (κ3) is 5.32. The largest absolute Gasteiger partial charge is 0.369 e. The van der Waals surface area contributed by atoms with Gasteiger partial charge in [-0.1, -0.05) is 12.1 Å². The van der Waals surface area contributed by atoms with E-state index < -0.39 is 11.0 Å². The highest BCUT2D eigenvalue weighted by atomic mass is 16.6. The summed E-state index contributed by atoms with van der Waals surface area (Å²) >= 11 is 0. The smallest absolute Gasteiger partial charge is 0.325 e. The number of hydrogen-bond acceptors (Lipinski definition) is 6. The van der Waals surface area contributed by atoms with E-state index in [2.05, 4.69) is 15.5 Å². The highest BCUT2D eigenvalue weighted by Gasteiger charge is 2.20. The van der Waals surface area contributed by atoms with Gasteiger partial charge in [-0.2, -0.15) is 0 Å². The van der Waals surface area contributed by atoms with Crippen LogP contribution in [0.2, 0.25) is 0 Å². The molecule has 3 rings (SSSR count). The van der Waals surface area contributed by atoms with Crippen LogP contribution in [0.5, 0.6) is 0 Å². The van der Waals surface area contributed by atoms with Crippen molar-refractivity contribution in [1.82, 2.24) is 10.2 Å². The lowest BCUT2D eigenvalue weighted by Gasteiger charge is -2.35. The molecule has 0 bridgehead atoms. The third-order valence-electron chi connectivity index (χ3n) is 5.27. The van der Waals surface area contributed by atoms with Gasteiger partial charge in [0, 0.05) is 49.7 Å². The van der Waals surface area contributed by atoms with Gasteiger partial charge in [0.2, 0.25) is 5.91 Å². The van der Waals surface area contributed by atoms with Gasteiger partial charge in [0.15, 0.2) is 0 Å². The number of anilines is 2. The maximum Gasteiger partial charge on any atom is 0.325 e. The average Bonchev–Trinajstić information content (AvgIpc) is 2.72. The van der Waals surface area contributed by atoms with Gasteiger partial charge >= 0.3 is 6.03 Å². The molecule has 30 heavy (non-hydrogen) atoms. The molecule has 0 atom stereocenters. The Morgan fingerprint density at radius 3 is 2.33 bits per heavy atom. The highest BCUT2D eigenvalue weighted by molar-refractivity contribution is 6.02. The van der Waals surface area contributed by atoms with E-state index in [1.165, 1.54) is 12.1 Å². The van der Waals surface area contributed by atoms with E-state index in [-0.39, 0.29) is 18.1 Å². The van der Waals surface area contributed by atoms with Gasteiger partial charge < -0.3 is 10.2 Å². The summed E-state index contributed by atoms with van der Waals surface area (Å²) in [6.45, 7) is 6.71. The summed E-state index contributed by atoms with van der Waals surface area (Å²) in [4.78, 5) is 38.8. The average molecular weight is 411 g/mol. The topological polar surface area (TPSA) is 108 Å². The predicted octanol–water partition coefficient (Wildman–Crippen LogP) is 2.68. The number of nitro groups is 1. The number of amides is 3.